The largest absolute Gasteiger partial charge is 0.329 e. The fraction of sp³-hybridized carbons (Fsp3) is 0.667. The molecule has 2 rings (SSSR count). The maximum atomic E-state index is 13.8. The number of nitrogens with two attached hydrogens (primary N) is 1. The summed E-state index contributed by atoms with van der Waals surface area (Å²) in [6.07, 6.45) is 6.41. The van der Waals surface area contributed by atoms with Crippen LogP contribution in [0.2, 0.25) is 0 Å². The summed E-state index contributed by atoms with van der Waals surface area (Å²) in [5.74, 6) is 0.734. The lowest BCUT2D eigenvalue weighted by Gasteiger charge is -2.30. The third-order valence-electron chi connectivity index (χ3n) is 4.82. The van der Waals surface area contributed by atoms with Crippen LogP contribution in [0.4, 0.5) is 4.39 Å². The predicted molar refractivity (Wildman–Crippen MR) is 86.8 cm³/mol. The molecule has 1 aliphatic rings. The highest BCUT2D eigenvalue weighted by molar-refractivity contribution is 5.26. The van der Waals surface area contributed by atoms with Crippen LogP contribution in [0.1, 0.15) is 56.2 Å². The van der Waals surface area contributed by atoms with Crippen molar-refractivity contribution in [2.75, 3.05) is 19.6 Å². The van der Waals surface area contributed by atoms with E-state index in [1.807, 2.05) is 12.1 Å². The van der Waals surface area contributed by atoms with Crippen LogP contribution in [-0.2, 0) is 0 Å². The highest BCUT2D eigenvalue weighted by atomic mass is 19.1. The van der Waals surface area contributed by atoms with Gasteiger partial charge >= 0.3 is 0 Å². The second kappa shape index (κ2) is 7.90. The molecular formula is C18H29FN2. The molecule has 21 heavy (non-hydrogen) atoms. The van der Waals surface area contributed by atoms with Crippen molar-refractivity contribution in [2.45, 2.75) is 52.0 Å². The summed E-state index contributed by atoms with van der Waals surface area (Å²) in [4.78, 5) is 2.46. The first-order valence-electron chi connectivity index (χ1n) is 8.35. The molecule has 2 unspecified atom stereocenters. The van der Waals surface area contributed by atoms with Gasteiger partial charge in [-0.25, -0.2) is 4.39 Å². The van der Waals surface area contributed by atoms with Crippen LogP contribution in [0.3, 0.4) is 0 Å². The van der Waals surface area contributed by atoms with Crippen LogP contribution >= 0.6 is 0 Å². The normalized spacial score (nSPS) is 22.0. The number of aryl methyl sites for hydroxylation is 1. The van der Waals surface area contributed by atoms with Gasteiger partial charge in [0.1, 0.15) is 5.82 Å². The molecule has 2 atom stereocenters. The number of benzene rings is 1. The Bertz CT molecular complexity index is 447. The van der Waals surface area contributed by atoms with E-state index < -0.39 is 0 Å². The van der Waals surface area contributed by atoms with Gasteiger partial charge in [0.15, 0.2) is 0 Å². The maximum absolute atomic E-state index is 13.8. The quantitative estimate of drug-likeness (QED) is 0.887. The number of hydrogen-bond acceptors (Lipinski definition) is 2. The smallest absolute Gasteiger partial charge is 0.126 e. The summed E-state index contributed by atoms with van der Waals surface area (Å²) < 4.78 is 13.8. The third-order valence-corrected chi connectivity index (χ3v) is 4.82. The molecule has 2 nitrogen and oxygen atoms in total. The summed E-state index contributed by atoms with van der Waals surface area (Å²) in [6.45, 7) is 6.79. The summed E-state index contributed by atoms with van der Waals surface area (Å²) in [5, 5.41) is 0. The van der Waals surface area contributed by atoms with Gasteiger partial charge < -0.3 is 5.73 Å². The van der Waals surface area contributed by atoms with Crippen molar-refractivity contribution in [3.63, 3.8) is 0 Å². The molecule has 0 aliphatic carbocycles. The molecular weight excluding hydrogens is 263 g/mol. The summed E-state index contributed by atoms with van der Waals surface area (Å²) in [6, 6.07) is 5.72. The Morgan fingerprint density at radius 1 is 1.33 bits per heavy atom. The highest BCUT2D eigenvalue weighted by Gasteiger charge is 2.23. The second-order valence-corrected chi connectivity index (χ2v) is 6.38. The van der Waals surface area contributed by atoms with E-state index in [-0.39, 0.29) is 11.9 Å². The molecule has 0 saturated carbocycles. The number of hydrogen-bond donors (Lipinski definition) is 1. The monoisotopic (exact) mass is 292 g/mol. The molecule has 0 aromatic heterocycles. The van der Waals surface area contributed by atoms with Crippen molar-refractivity contribution in [3.05, 3.63) is 35.1 Å². The van der Waals surface area contributed by atoms with Crippen molar-refractivity contribution in [3.8, 4) is 0 Å². The zero-order chi connectivity index (χ0) is 15.2. The average molecular weight is 292 g/mol. The van der Waals surface area contributed by atoms with E-state index in [0.717, 1.165) is 24.6 Å². The number of halogens is 1. The molecule has 0 amide bonds. The fourth-order valence-electron chi connectivity index (χ4n) is 3.51. The zero-order valence-corrected chi connectivity index (χ0v) is 13.4. The lowest BCUT2D eigenvalue weighted by Crippen LogP contribution is -2.34. The molecule has 1 saturated heterocycles. The van der Waals surface area contributed by atoms with E-state index >= 15 is 0 Å². The first-order valence-corrected chi connectivity index (χ1v) is 8.35. The lowest BCUT2D eigenvalue weighted by atomic mass is 9.96. The van der Waals surface area contributed by atoms with Crippen LogP contribution in [0.15, 0.2) is 18.2 Å². The number of nitrogens with zero attached hydrogens (tertiary/aromatic N) is 1. The Morgan fingerprint density at radius 2 is 2.14 bits per heavy atom. The average Bonchev–Trinajstić information content (AvgIpc) is 2.70. The first kappa shape index (κ1) is 16.4. The molecule has 3 heteroatoms. The minimum atomic E-state index is -0.121. The minimum absolute atomic E-state index is 0.121. The van der Waals surface area contributed by atoms with Crippen molar-refractivity contribution < 1.29 is 4.39 Å². The fourth-order valence-corrected chi connectivity index (χ4v) is 3.51. The molecule has 1 aromatic rings. The van der Waals surface area contributed by atoms with Crippen LogP contribution in [0.5, 0.6) is 0 Å². The van der Waals surface area contributed by atoms with E-state index in [1.54, 1.807) is 13.0 Å². The molecule has 0 spiro atoms. The van der Waals surface area contributed by atoms with E-state index in [2.05, 4.69) is 11.8 Å². The Hall–Kier alpha value is -0.930. The Balaban J connectivity index is 2.08. The first-order chi connectivity index (χ1) is 10.2. The minimum Gasteiger partial charge on any atom is -0.329 e. The summed E-state index contributed by atoms with van der Waals surface area (Å²) >= 11 is 0. The number of likely N-dealkylation sites (tertiary alicyclic amines) is 1. The Morgan fingerprint density at radius 3 is 2.81 bits per heavy atom. The van der Waals surface area contributed by atoms with Gasteiger partial charge in [-0.3, -0.25) is 4.90 Å². The highest BCUT2D eigenvalue weighted by Crippen LogP contribution is 2.28. The molecule has 2 N–H and O–H groups in total. The zero-order valence-electron chi connectivity index (χ0n) is 13.4. The van der Waals surface area contributed by atoms with Gasteiger partial charge in [-0.15, -0.1) is 0 Å². The topological polar surface area (TPSA) is 29.3 Å². The van der Waals surface area contributed by atoms with E-state index in [0.29, 0.717) is 12.1 Å². The van der Waals surface area contributed by atoms with Crippen molar-refractivity contribution in [2.24, 2.45) is 11.7 Å². The van der Waals surface area contributed by atoms with Crippen molar-refractivity contribution in [1.29, 1.82) is 0 Å². The van der Waals surface area contributed by atoms with Gasteiger partial charge in [0.05, 0.1) is 0 Å². The molecule has 1 heterocycles. The van der Waals surface area contributed by atoms with Gasteiger partial charge in [-0.1, -0.05) is 31.9 Å². The SMILES string of the molecule is CCCC1CCCN(C(CN)c2ccc(C)c(F)c2)CC1. The maximum Gasteiger partial charge on any atom is 0.126 e. The third kappa shape index (κ3) is 4.27. The second-order valence-electron chi connectivity index (χ2n) is 6.38. The van der Waals surface area contributed by atoms with Gasteiger partial charge in [-0.05, 0) is 62.4 Å². The molecule has 1 aromatic carbocycles. The van der Waals surface area contributed by atoms with Gasteiger partial charge in [-0.2, -0.15) is 0 Å². The molecule has 1 fully saturated rings. The van der Waals surface area contributed by atoms with E-state index in [9.17, 15) is 4.39 Å². The Labute approximate surface area is 128 Å². The molecule has 118 valence electrons. The number of rotatable bonds is 5. The molecule has 0 bridgehead atoms. The van der Waals surface area contributed by atoms with Crippen LogP contribution < -0.4 is 5.73 Å². The van der Waals surface area contributed by atoms with E-state index in [1.165, 1.54) is 32.1 Å². The van der Waals surface area contributed by atoms with Gasteiger partial charge in [0.2, 0.25) is 0 Å². The Kier molecular flexibility index (Phi) is 6.19. The van der Waals surface area contributed by atoms with Crippen molar-refractivity contribution >= 4 is 0 Å². The predicted octanol–water partition coefficient (Wildman–Crippen LogP) is 4.04. The van der Waals surface area contributed by atoms with Gasteiger partial charge in [0.25, 0.3) is 0 Å². The summed E-state index contributed by atoms with van der Waals surface area (Å²) in [7, 11) is 0. The molecule has 0 radical (unpaired) electrons. The van der Waals surface area contributed by atoms with Crippen molar-refractivity contribution in [1.82, 2.24) is 4.90 Å². The van der Waals surface area contributed by atoms with Crippen LogP contribution in [-0.4, -0.2) is 24.5 Å². The standard InChI is InChI=1S/C18H29FN2/c1-3-5-15-6-4-10-21(11-9-15)18(13-20)16-8-7-14(2)17(19)12-16/h7-8,12,15,18H,3-6,9-11,13,20H2,1-2H3. The summed E-state index contributed by atoms with van der Waals surface area (Å²) in [5.41, 5.74) is 7.73. The van der Waals surface area contributed by atoms with Gasteiger partial charge in [0, 0.05) is 12.6 Å². The van der Waals surface area contributed by atoms with Crippen LogP contribution in [0, 0.1) is 18.7 Å². The lowest BCUT2D eigenvalue weighted by molar-refractivity contribution is 0.206. The van der Waals surface area contributed by atoms with Crippen LogP contribution in [0.25, 0.3) is 0 Å². The molecule has 1 aliphatic heterocycles. The van der Waals surface area contributed by atoms with E-state index in [4.69, 9.17) is 5.73 Å².